The number of anilines is 1. The van der Waals surface area contributed by atoms with E-state index in [4.69, 9.17) is 5.11 Å². The molecule has 5 heteroatoms. The van der Waals surface area contributed by atoms with Crippen molar-refractivity contribution in [3.63, 3.8) is 0 Å². The molecule has 0 saturated heterocycles. The number of hydrogen-bond acceptors (Lipinski definition) is 1. The second-order valence-corrected chi connectivity index (χ2v) is 2.51. The van der Waals surface area contributed by atoms with E-state index < -0.39 is 17.5 Å². The summed E-state index contributed by atoms with van der Waals surface area (Å²) in [4.78, 5) is 0. The molecule has 0 unspecified atom stereocenters. The molecule has 0 aliphatic rings. The molecule has 0 aliphatic carbocycles. The standard InChI is InChI=1S/C8H8F3NO/c1-12-5-2-3-7(13)6(4-5)8(9,10)11/h2-4,12-13H,1H3/p+1. The first-order valence-electron chi connectivity index (χ1n) is 3.55. The molecule has 0 heterocycles. The lowest BCUT2D eigenvalue weighted by molar-refractivity contribution is -0.138. The highest BCUT2D eigenvalue weighted by Gasteiger charge is 2.36. The van der Waals surface area contributed by atoms with Gasteiger partial charge < -0.3 is 10.4 Å². The van der Waals surface area contributed by atoms with Crippen LogP contribution in [-0.2, 0) is 6.18 Å². The van der Waals surface area contributed by atoms with Crippen LogP contribution in [0.15, 0.2) is 18.2 Å². The van der Waals surface area contributed by atoms with E-state index in [9.17, 15) is 13.2 Å². The van der Waals surface area contributed by atoms with Gasteiger partial charge in [0, 0.05) is 18.8 Å². The molecule has 0 spiro atoms. The minimum absolute atomic E-state index is 0.350. The zero-order valence-electron chi connectivity index (χ0n) is 6.87. The number of alkyl halides is 3. The van der Waals surface area contributed by atoms with Crippen molar-refractivity contribution >= 4 is 5.69 Å². The van der Waals surface area contributed by atoms with Gasteiger partial charge in [0.25, 0.3) is 5.75 Å². The van der Waals surface area contributed by atoms with Crippen LogP contribution in [0.1, 0.15) is 5.56 Å². The summed E-state index contributed by atoms with van der Waals surface area (Å²) in [5, 5.41) is 9.63. The predicted octanol–water partition coefficient (Wildman–Crippen LogP) is 2.19. The first kappa shape index (κ1) is 9.70. The molecule has 72 valence electrons. The summed E-state index contributed by atoms with van der Waals surface area (Å²) in [6.07, 6.45) is -4.45. The van der Waals surface area contributed by atoms with Crippen LogP contribution >= 0.6 is 0 Å². The maximum atomic E-state index is 12.2. The van der Waals surface area contributed by atoms with Crippen LogP contribution in [0, 0.1) is 0 Å². The average Bonchev–Trinajstić information content (AvgIpc) is 2.03. The lowest BCUT2D eigenvalue weighted by Crippen LogP contribution is -2.05. The monoisotopic (exact) mass is 192 g/mol. The van der Waals surface area contributed by atoms with Crippen molar-refractivity contribution in [3.05, 3.63) is 23.8 Å². The van der Waals surface area contributed by atoms with Crippen LogP contribution in [0.2, 0.25) is 0 Å². The second kappa shape index (κ2) is 3.16. The van der Waals surface area contributed by atoms with E-state index in [2.05, 4.69) is 5.32 Å². The van der Waals surface area contributed by atoms with E-state index in [1.54, 1.807) is 0 Å². The summed E-state index contributed by atoms with van der Waals surface area (Å²) in [7, 11) is 1.53. The van der Waals surface area contributed by atoms with Crippen molar-refractivity contribution < 1.29 is 18.3 Å². The van der Waals surface area contributed by atoms with E-state index in [1.165, 1.54) is 13.1 Å². The Kier molecular flexibility index (Phi) is 2.36. The summed E-state index contributed by atoms with van der Waals surface area (Å²) < 4.78 is 36.7. The topological polar surface area (TPSA) is 34.9 Å². The Morgan fingerprint density at radius 3 is 2.38 bits per heavy atom. The van der Waals surface area contributed by atoms with Crippen molar-refractivity contribution in [1.82, 2.24) is 0 Å². The third-order valence-electron chi connectivity index (χ3n) is 1.61. The second-order valence-electron chi connectivity index (χ2n) is 2.51. The molecule has 1 rings (SSSR count). The quantitative estimate of drug-likeness (QED) is 0.680. The van der Waals surface area contributed by atoms with E-state index in [0.717, 1.165) is 12.1 Å². The highest BCUT2D eigenvalue weighted by Crippen LogP contribution is 2.36. The molecule has 0 aliphatic heterocycles. The van der Waals surface area contributed by atoms with Crippen LogP contribution < -0.4 is 5.32 Å². The Balaban J connectivity index is 3.19. The summed E-state index contributed by atoms with van der Waals surface area (Å²) in [5.41, 5.74) is -0.567. The molecule has 1 aromatic rings. The van der Waals surface area contributed by atoms with E-state index in [0.29, 0.717) is 5.69 Å². The Morgan fingerprint density at radius 1 is 1.31 bits per heavy atom. The van der Waals surface area contributed by atoms with Crippen LogP contribution in [0.5, 0.6) is 5.75 Å². The van der Waals surface area contributed by atoms with E-state index in [1.807, 2.05) is 0 Å². The van der Waals surface area contributed by atoms with Crippen molar-refractivity contribution in [2.45, 2.75) is 6.18 Å². The van der Waals surface area contributed by atoms with Gasteiger partial charge in [0.1, 0.15) is 0 Å². The van der Waals surface area contributed by atoms with Gasteiger partial charge in [0.05, 0.1) is 0 Å². The molecule has 1 aromatic carbocycles. The number of hydrogen-bond donors (Lipinski definition) is 1. The zero-order chi connectivity index (χ0) is 10.1. The lowest BCUT2D eigenvalue weighted by Gasteiger charge is -2.07. The zero-order valence-corrected chi connectivity index (χ0v) is 6.87. The van der Waals surface area contributed by atoms with Gasteiger partial charge in [-0.05, 0) is 12.1 Å². The van der Waals surface area contributed by atoms with Crippen LogP contribution in [0.4, 0.5) is 18.9 Å². The molecule has 0 atom stereocenters. The number of halogens is 3. The number of rotatable bonds is 1. The minimum atomic E-state index is -4.45. The normalized spacial score (nSPS) is 11.4. The molecule has 0 saturated carbocycles. The minimum Gasteiger partial charge on any atom is -0.593 e. The molecular formula is C8H9F3NO+. The van der Waals surface area contributed by atoms with Gasteiger partial charge in [0.15, 0.2) is 5.56 Å². The van der Waals surface area contributed by atoms with Crippen LogP contribution in [0.25, 0.3) is 0 Å². The number of nitrogens with one attached hydrogen (secondary N) is 1. The molecule has 0 radical (unpaired) electrons. The van der Waals surface area contributed by atoms with Gasteiger partial charge in [0.2, 0.25) is 0 Å². The Bertz CT molecular complexity index is 309. The highest BCUT2D eigenvalue weighted by atomic mass is 19.4. The largest absolute Gasteiger partial charge is 0.593 e. The molecule has 2 nitrogen and oxygen atoms in total. The van der Waals surface area contributed by atoms with Gasteiger partial charge >= 0.3 is 6.18 Å². The summed E-state index contributed by atoms with van der Waals surface area (Å²) >= 11 is 0. The molecular weight excluding hydrogens is 183 g/mol. The van der Waals surface area contributed by atoms with E-state index >= 15 is 0 Å². The van der Waals surface area contributed by atoms with Crippen LogP contribution in [-0.4, -0.2) is 12.2 Å². The molecule has 13 heavy (non-hydrogen) atoms. The van der Waals surface area contributed by atoms with Gasteiger partial charge in [-0.2, -0.15) is 13.2 Å². The SMILES string of the molecule is CNc1ccc([OH2+])c(C(F)(F)F)c1. The third-order valence-corrected chi connectivity index (χ3v) is 1.61. The lowest BCUT2D eigenvalue weighted by atomic mass is 10.1. The van der Waals surface area contributed by atoms with Crippen LogP contribution in [0.3, 0.4) is 0 Å². The van der Waals surface area contributed by atoms with Gasteiger partial charge in [-0.3, -0.25) is 0 Å². The Morgan fingerprint density at radius 2 is 1.92 bits per heavy atom. The Labute approximate surface area is 73.0 Å². The van der Waals surface area contributed by atoms with E-state index in [-0.39, 0.29) is 0 Å². The maximum Gasteiger partial charge on any atom is 0.425 e. The molecule has 0 aromatic heterocycles. The van der Waals surface area contributed by atoms with Gasteiger partial charge in [-0.15, -0.1) is 0 Å². The predicted molar refractivity (Wildman–Crippen MR) is 44.1 cm³/mol. The smallest absolute Gasteiger partial charge is 0.425 e. The van der Waals surface area contributed by atoms with Gasteiger partial charge in [-0.1, -0.05) is 0 Å². The average molecular weight is 192 g/mol. The molecule has 0 amide bonds. The first-order valence-corrected chi connectivity index (χ1v) is 3.55. The summed E-state index contributed by atoms with van der Waals surface area (Å²) in [6, 6.07) is 3.47. The third kappa shape index (κ3) is 2.05. The van der Waals surface area contributed by atoms with Crippen molar-refractivity contribution in [2.24, 2.45) is 0 Å². The molecule has 0 bridgehead atoms. The fourth-order valence-electron chi connectivity index (χ4n) is 0.934. The van der Waals surface area contributed by atoms with Crippen molar-refractivity contribution in [3.8, 4) is 5.75 Å². The van der Waals surface area contributed by atoms with Crippen molar-refractivity contribution in [1.29, 1.82) is 0 Å². The fraction of sp³-hybridized carbons (Fsp3) is 0.250. The fourth-order valence-corrected chi connectivity index (χ4v) is 0.934. The number of benzene rings is 1. The molecule has 3 N–H and O–H groups in total. The van der Waals surface area contributed by atoms with Gasteiger partial charge in [-0.25, -0.2) is 0 Å². The first-order chi connectivity index (χ1) is 5.95. The summed E-state index contributed by atoms with van der Waals surface area (Å²) in [5.74, 6) is -0.508. The highest BCUT2D eigenvalue weighted by molar-refractivity contribution is 5.51. The van der Waals surface area contributed by atoms with Crippen molar-refractivity contribution in [2.75, 3.05) is 12.4 Å². The maximum absolute atomic E-state index is 12.2. The summed E-state index contributed by atoms with van der Waals surface area (Å²) in [6.45, 7) is 0. The molecule has 0 fully saturated rings. The Hall–Kier alpha value is -1.39.